The molecular weight excluding hydrogens is 280 g/mol. The van der Waals surface area contributed by atoms with Crippen LogP contribution in [-0.2, 0) is 6.61 Å². The van der Waals surface area contributed by atoms with E-state index < -0.39 is 5.63 Å². The van der Waals surface area contributed by atoms with Crippen molar-refractivity contribution in [1.82, 2.24) is 0 Å². The van der Waals surface area contributed by atoms with Crippen LogP contribution in [0.3, 0.4) is 0 Å². The van der Waals surface area contributed by atoms with E-state index in [1.165, 1.54) is 12.1 Å². The summed E-state index contributed by atoms with van der Waals surface area (Å²) in [5, 5.41) is 10.5. The number of phenols is 1. The van der Waals surface area contributed by atoms with Gasteiger partial charge in [-0.1, -0.05) is 30.3 Å². The van der Waals surface area contributed by atoms with Crippen LogP contribution in [0.4, 0.5) is 0 Å². The Balaban J connectivity index is 2.08. The molecule has 3 aromatic rings. The molecule has 0 radical (unpaired) electrons. The summed E-state index contributed by atoms with van der Waals surface area (Å²) in [7, 11) is 0. The molecule has 0 aliphatic carbocycles. The number of benzene rings is 2. The first-order valence-corrected chi connectivity index (χ1v) is 7.00. The van der Waals surface area contributed by atoms with E-state index in [2.05, 4.69) is 0 Å². The highest BCUT2D eigenvalue weighted by Gasteiger charge is 2.14. The summed E-state index contributed by atoms with van der Waals surface area (Å²) >= 11 is 0. The molecule has 1 N–H and O–H groups in total. The molecule has 0 atom stereocenters. The molecule has 4 heteroatoms. The number of hydrogen-bond donors (Lipinski definition) is 1. The molecule has 22 heavy (non-hydrogen) atoms. The van der Waals surface area contributed by atoms with Crippen molar-refractivity contribution in [3.05, 3.63) is 69.6 Å². The molecule has 3 rings (SSSR count). The van der Waals surface area contributed by atoms with Crippen molar-refractivity contribution in [2.75, 3.05) is 0 Å². The molecular formula is C18H16O4. The number of fused-ring (bicyclic) bond motifs is 1. The lowest BCUT2D eigenvalue weighted by atomic mass is 10.1. The average Bonchev–Trinajstić information content (AvgIpc) is 2.51. The zero-order chi connectivity index (χ0) is 15.7. The van der Waals surface area contributed by atoms with Gasteiger partial charge in [-0.25, -0.2) is 4.79 Å². The Morgan fingerprint density at radius 1 is 1.09 bits per heavy atom. The second-order valence-electron chi connectivity index (χ2n) is 5.23. The Morgan fingerprint density at radius 3 is 2.55 bits per heavy atom. The molecule has 0 saturated carbocycles. The van der Waals surface area contributed by atoms with Crippen molar-refractivity contribution in [2.24, 2.45) is 0 Å². The van der Waals surface area contributed by atoms with Gasteiger partial charge in [0, 0.05) is 17.7 Å². The van der Waals surface area contributed by atoms with Crippen molar-refractivity contribution in [3.63, 3.8) is 0 Å². The van der Waals surface area contributed by atoms with Crippen LogP contribution in [0, 0.1) is 13.8 Å². The topological polar surface area (TPSA) is 59.7 Å². The van der Waals surface area contributed by atoms with Crippen LogP contribution in [0.2, 0.25) is 0 Å². The minimum Gasteiger partial charge on any atom is -0.508 e. The highest BCUT2D eigenvalue weighted by molar-refractivity contribution is 5.88. The molecule has 0 spiro atoms. The van der Waals surface area contributed by atoms with Crippen LogP contribution >= 0.6 is 0 Å². The van der Waals surface area contributed by atoms with Gasteiger partial charge >= 0.3 is 5.63 Å². The van der Waals surface area contributed by atoms with E-state index in [1.54, 1.807) is 6.92 Å². The molecule has 112 valence electrons. The van der Waals surface area contributed by atoms with Crippen LogP contribution in [0.25, 0.3) is 11.0 Å². The van der Waals surface area contributed by atoms with E-state index in [0.717, 1.165) is 11.1 Å². The quantitative estimate of drug-likeness (QED) is 0.749. The molecule has 2 aromatic carbocycles. The molecule has 1 aromatic heterocycles. The Labute approximate surface area is 127 Å². The predicted molar refractivity (Wildman–Crippen MR) is 84.4 cm³/mol. The maximum absolute atomic E-state index is 11.8. The van der Waals surface area contributed by atoms with Gasteiger partial charge in [0.25, 0.3) is 0 Å². The average molecular weight is 296 g/mol. The zero-order valence-electron chi connectivity index (χ0n) is 12.4. The monoisotopic (exact) mass is 296 g/mol. The molecule has 4 nitrogen and oxygen atoms in total. The summed E-state index contributed by atoms with van der Waals surface area (Å²) in [6, 6.07) is 12.7. The van der Waals surface area contributed by atoms with Crippen molar-refractivity contribution in [3.8, 4) is 11.5 Å². The van der Waals surface area contributed by atoms with Crippen LogP contribution < -0.4 is 10.4 Å². The molecule has 0 fully saturated rings. The first kappa shape index (κ1) is 14.2. The summed E-state index contributed by atoms with van der Waals surface area (Å²) in [6.45, 7) is 3.94. The molecule has 1 heterocycles. The molecule has 0 unspecified atom stereocenters. The molecule has 0 bridgehead atoms. The van der Waals surface area contributed by atoms with Crippen molar-refractivity contribution < 1.29 is 14.3 Å². The van der Waals surface area contributed by atoms with Crippen molar-refractivity contribution in [2.45, 2.75) is 20.5 Å². The Kier molecular flexibility index (Phi) is 3.59. The Hall–Kier alpha value is -2.75. The summed E-state index contributed by atoms with van der Waals surface area (Å²) in [5.41, 5.74) is 2.29. The number of hydrogen-bond acceptors (Lipinski definition) is 4. The number of ether oxygens (including phenoxy) is 1. The van der Waals surface area contributed by atoms with E-state index in [0.29, 0.717) is 28.9 Å². The third-order valence-electron chi connectivity index (χ3n) is 3.73. The summed E-state index contributed by atoms with van der Waals surface area (Å²) in [6.07, 6.45) is 0. The van der Waals surface area contributed by atoms with Gasteiger partial charge in [0.1, 0.15) is 23.7 Å². The first-order valence-electron chi connectivity index (χ1n) is 7.00. The SMILES string of the molecule is Cc1c(C)c2c(OCc3ccccc3)cc(O)cc2oc1=O. The van der Waals surface area contributed by atoms with Crippen LogP contribution in [0.1, 0.15) is 16.7 Å². The fourth-order valence-electron chi connectivity index (χ4n) is 2.39. The predicted octanol–water partition coefficient (Wildman–Crippen LogP) is 3.69. The standard InChI is InChI=1S/C18H16O4/c1-11-12(2)18(20)22-16-9-14(19)8-15(17(11)16)21-10-13-6-4-3-5-7-13/h3-9,19H,10H2,1-2H3. The van der Waals surface area contributed by atoms with E-state index in [1.807, 2.05) is 37.3 Å². The molecule has 0 saturated heterocycles. The maximum Gasteiger partial charge on any atom is 0.339 e. The fourth-order valence-corrected chi connectivity index (χ4v) is 2.39. The van der Waals surface area contributed by atoms with Gasteiger partial charge in [-0.05, 0) is 25.0 Å². The van der Waals surface area contributed by atoms with Gasteiger partial charge in [0.05, 0.1) is 5.39 Å². The third-order valence-corrected chi connectivity index (χ3v) is 3.73. The van der Waals surface area contributed by atoms with Crippen LogP contribution in [0.15, 0.2) is 51.7 Å². The number of rotatable bonds is 3. The zero-order valence-corrected chi connectivity index (χ0v) is 12.4. The molecule has 0 amide bonds. The number of phenolic OH excluding ortho intramolecular Hbond substituents is 1. The first-order chi connectivity index (χ1) is 10.6. The van der Waals surface area contributed by atoms with Crippen molar-refractivity contribution >= 4 is 11.0 Å². The van der Waals surface area contributed by atoms with E-state index >= 15 is 0 Å². The normalized spacial score (nSPS) is 10.8. The summed E-state index contributed by atoms with van der Waals surface area (Å²) in [5.74, 6) is 0.505. The lowest BCUT2D eigenvalue weighted by Crippen LogP contribution is -2.06. The van der Waals surface area contributed by atoms with E-state index in [-0.39, 0.29) is 5.75 Å². The van der Waals surface area contributed by atoms with Gasteiger partial charge in [-0.2, -0.15) is 0 Å². The summed E-state index contributed by atoms with van der Waals surface area (Å²) < 4.78 is 11.1. The number of aryl methyl sites for hydroxylation is 1. The highest BCUT2D eigenvalue weighted by atomic mass is 16.5. The largest absolute Gasteiger partial charge is 0.508 e. The second kappa shape index (κ2) is 5.56. The fraction of sp³-hybridized carbons (Fsp3) is 0.167. The van der Waals surface area contributed by atoms with Gasteiger partial charge in [-0.15, -0.1) is 0 Å². The van der Waals surface area contributed by atoms with Gasteiger partial charge < -0.3 is 14.3 Å². The van der Waals surface area contributed by atoms with Gasteiger partial charge in [-0.3, -0.25) is 0 Å². The highest BCUT2D eigenvalue weighted by Crippen LogP contribution is 2.33. The smallest absolute Gasteiger partial charge is 0.339 e. The minimum absolute atomic E-state index is 0.00182. The number of aromatic hydroxyl groups is 1. The van der Waals surface area contributed by atoms with E-state index in [9.17, 15) is 9.90 Å². The third kappa shape index (κ3) is 2.55. The van der Waals surface area contributed by atoms with Gasteiger partial charge in [0.15, 0.2) is 0 Å². The Morgan fingerprint density at radius 2 is 1.82 bits per heavy atom. The summed E-state index contributed by atoms with van der Waals surface area (Å²) in [4.78, 5) is 11.8. The molecule has 0 aliphatic rings. The second-order valence-corrected chi connectivity index (χ2v) is 5.23. The van der Waals surface area contributed by atoms with Crippen molar-refractivity contribution in [1.29, 1.82) is 0 Å². The van der Waals surface area contributed by atoms with Gasteiger partial charge in [0.2, 0.25) is 0 Å². The maximum atomic E-state index is 11.8. The van der Waals surface area contributed by atoms with Crippen LogP contribution in [0.5, 0.6) is 11.5 Å². The van der Waals surface area contributed by atoms with Crippen LogP contribution in [-0.4, -0.2) is 5.11 Å². The Bertz CT molecular complexity index is 879. The lowest BCUT2D eigenvalue weighted by molar-refractivity contribution is 0.307. The molecule has 0 aliphatic heterocycles. The lowest BCUT2D eigenvalue weighted by Gasteiger charge is -2.12. The van der Waals surface area contributed by atoms with E-state index in [4.69, 9.17) is 9.15 Å². The minimum atomic E-state index is -0.399.